The lowest BCUT2D eigenvalue weighted by molar-refractivity contribution is 0.262. The second-order valence-corrected chi connectivity index (χ2v) is 7.10. The van der Waals surface area contributed by atoms with Crippen molar-refractivity contribution >= 4 is 15.8 Å². The van der Waals surface area contributed by atoms with Crippen LogP contribution in [-0.2, 0) is 10.0 Å². The van der Waals surface area contributed by atoms with Crippen LogP contribution in [0.15, 0.2) is 23.2 Å². The molecule has 0 saturated carbocycles. The zero-order valence-corrected chi connectivity index (χ0v) is 12.6. The van der Waals surface area contributed by atoms with Gasteiger partial charge in [0.05, 0.1) is 0 Å². The molecule has 0 atom stereocenters. The molecule has 7 heteroatoms. The minimum absolute atomic E-state index is 0.227. The van der Waals surface area contributed by atoms with Crippen molar-refractivity contribution in [3.05, 3.63) is 18.3 Å². The normalized spacial score (nSPS) is 18.1. The van der Waals surface area contributed by atoms with Crippen LogP contribution >= 0.6 is 0 Å². The van der Waals surface area contributed by atoms with E-state index in [2.05, 4.69) is 17.3 Å². The Morgan fingerprint density at radius 2 is 2.10 bits per heavy atom. The fraction of sp³-hybridized carbons (Fsp3) is 0.615. The third-order valence-electron chi connectivity index (χ3n) is 3.79. The van der Waals surface area contributed by atoms with Crippen molar-refractivity contribution in [3.8, 4) is 0 Å². The van der Waals surface area contributed by atoms with E-state index in [0.29, 0.717) is 24.8 Å². The molecule has 20 heavy (non-hydrogen) atoms. The predicted octanol–water partition coefficient (Wildman–Crippen LogP) is 1.57. The number of nitrogens with one attached hydrogen (secondary N) is 1. The number of nitrogens with zero attached hydrogens (tertiary/aromatic N) is 2. The first kappa shape index (κ1) is 15.2. The number of hydrogen-bond donors (Lipinski definition) is 2. The smallest absolute Gasteiger partial charge is 0.244 e. The zero-order chi connectivity index (χ0) is 14.6. The Bertz CT molecular complexity index is 522. The Kier molecular flexibility index (Phi) is 4.95. The monoisotopic (exact) mass is 298 g/mol. The molecule has 0 bridgehead atoms. The first-order valence-electron chi connectivity index (χ1n) is 7.00. The molecule has 1 aromatic rings. The highest BCUT2D eigenvalue weighted by Crippen LogP contribution is 2.26. The highest BCUT2D eigenvalue weighted by molar-refractivity contribution is 7.89. The van der Waals surface area contributed by atoms with Gasteiger partial charge in [-0.15, -0.1) is 0 Å². The third kappa shape index (κ3) is 3.28. The zero-order valence-electron chi connectivity index (χ0n) is 11.7. The average molecular weight is 298 g/mol. The number of anilines is 1. The molecular formula is C13H22N4O2S. The summed E-state index contributed by atoms with van der Waals surface area (Å²) in [5.74, 6) is 6.33. The molecule has 0 radical (unpaired) electrons. The molecule has 1 aliphatic rings. The Morgan fingerprint density at radius 1 is 1.40 bits per heavy atom. The summed E-state index contributed by atoms with van der Waals surface area (Å²) >= 11 is 0. The van der Waals surface area contributed by atoms with E-state index in [1.165, 1.54) is 18.7 Å². The van der Waals surface area contributed by atoms with E-state index in [1.807, 2.05) is 0 Å². The number of piperidine rings is 1. The third-order valence-corrected chi connectivity index (χ3v) is 5.67. The molecule has 112 valence electrons. The maximum Gasteiger partial charge on any atom is 0.244 e. The van der Waals surface area contributed by atoms with Gasteiger partial charge < -0.3 is 5.43 Å². The molecule has 1 aliphatic heterocycles. The lowest BCUT2D eigenvalue weighted by Gasteiger charge is -2.31. The Hall–Kier alpha value is -1.18. The molecule has 3 N–H and O–H groups in total. The number of nitrogen functional groups attached to an aromatic ring is 1. The number of rotatable bonds is 5. The summed E-state index contributed by atoms with van der Waals surface area (Å²) in [4.78, 5) is 4.19. The van der Waals surface area contributed by atoms with E-state index < -0.39 is 10.0 Å². The van der Waals surface area contributed by atoms with Gasteiger partial charge in [0.1, 0.15) is 10.7 Å². The van der Waals surface area contributed by atoms with Gasteiger partial charge in [0.2, 0.25) is 10.0 Å². The lowest BCUT2D eigenvalue weighted by atomic mass is 9.94. The molecule has 1 saturated heterocycles. The van der Waals surface area contributed by atoms with Crippen LogP contribution in [0.1, 0.15) is 32.6 Å². The molecule has 1 fully saturated rings. The fourth-order valence-corrected chi connectivity index (χ4v) is 4.03. The van der Waals surface area contributed by atoms with E-state index in [4.69, 9.17) is 5.84 Å². The van der Waals surface area contributed by atoms with Crippen molar-refractivity contribution in [2.75, 3.05) is 18.5 Å². The summed E-state index contributed by atoms with van der Waals surface area (Å²) in [6.07, 6.45) is 5.59. The van der Waals surface area contributed by atoms with Gasteiger partial charge in [-0.3, -0.25) is 0 Å². The molecule has 2 heterocycles. The first-order chi connectivity index (χ1) is 9.57. The van der Waals surface area contributed by atoms with Crippen molar-refractivity contribution in [1.29, 1.82) is 0 Å². The second-order valence-electron chi connectivity index (χ2n) is 5.16. The van der Waals surface area contributed by atoms with Gasteiger partial charge in [-0.05, 0) is 30.9 Å². The van der Waals surface area contributed by atoms with Crippen LogP contribution in [0.2, 0.25) is 0 Å². The summed E-state index contributed by atoms with van der Waals surface area (Å²) in [5.41, 5.74) is 2.39. The van der Waals surface area contributed by atoms with Gasteiger partial charge >= 0.3 is 0 Å². The Balaban J connectivity index is 2.07. The number of aromatic nitrogens is 1. The van der Waals surface area contributed by atoms with Gasteiger partial charge in [0, 0.05) is 19.3 Å². The highest BCUT2D eigenvalue weighted by atomic mass is 32.2. The minimum Gasteiger partial charge on any atom is -0.308 e. The van der Waals surface area contributed by atoms with Gasteiger partial charge in [-0.1, -0.05) is 19.8 Å². The summed E-state index contributed by atoms with van der Waals surface area (Å²) in [6.45, 7) is 3.37. The number of hydrazine groups is 1. The maximum absolute atomic E-state index is 12.5. The summed E-state index contributed by atoms with van der Waals surface area (Å²) in [6, 6.07) is 3.10. The van der Waals surface area contributed by atoms with Crippen molar-refractivity contribution < 1.29 is 8.42 Å². The molecule has 0 aliphatic carbocycles. The second kappa shape index (κ2) is 6.51. The standard InChI is InChI=1S/C13H22N4O2S/c1-2-3-11-6-8-17(9-7-11)20(18,19)12-4-5-13(16-14)15-10-12/h4-5,10-11H,2-3,6-9,14H2,1H3,(H,15,16). The molecule has 0 aromatic carbocycles. The van der Waals surface area contributed by atoms with E-state index >= 15 is 0 Å². The van der Waals surface area contributed by atoms with Gasteiger partial charge in [-0.25, -0.2) is 19.2 Å². The van der Waals surface area contributed by atoms with Crippen LogP contribution in [-0.4, -0.2) is 30.8 Å². The molecule has 0 spiro atoms. The van der Waals surface area contributed by atoms with Crippen LogP contribution in [0.5, 0.6) is 0 Å². The van der Waals surface area contributed by atoms with Crippen LogP contribution in [0.3, 0.4) is 0 Å². The van der Waals surface area contributed by atoms with Crippen molar-refractivity contribution in [2.45, 2.75) is 37.5 Å². The van der Waals surface area contributed by atoms with Gasteiger partial charge in [0.15, 0.2) is 0 Å². The quantitative estimate of drug-likeness (QED) is 0.636. The van der Waals surface area contributed by atoms with Crippen LogP contribution in [0.4, 0.5) is 5.82 Å². The lowest BCUT2D eigenvalue weighted by Crippen LogP contribution is -2.38. The largest absolute Gasteiger partial charge is 0.308 e. The number of hydrogen-bond acceptors (Lipinski definition) is 5. The van der Waals surface area contributed by atoms with Crippen LogP contribution < -0.4 is 11.3 Å². The molecular weight excluding hydrogens is 276 g/mol. The molecule has 0 amide bonds. The molecule has 6 nitrogen and oxygen atoms in total. The topological polar surface area (TPSA) is 88.3 Å². The fourth-order valence-electron chi connectivity index (χ4n) is 2.61. The van der Waals surface area contributed by atoms with Gasteiger partial charge in [-0.2, -0.15) is 4.31 Å². The highest BCUT2D eigenvalue weighted by Gasteiger charge is 2.29. The van der Waals surface area contributed by atoms with E-state index in [-0.39, 0.29) is 4.90 Å². The van der Waals surface area contributed by atoms with Gasteiger partial charge in [0.25, 0.3) is 0 Å². The van der Waals surface area contributed by atoms with Crippen molar-refractivity contribution in [2.24, 2.45) is 11.8 Å². The maximum atomic E-state index is 12.5. The predicted molar refractivity (Wildman–Crippen MR) is 78.4 cm³/mol. The van der Waals surface area contributed by atoms with Crippen molar-refractivity contribution in [3.63, 3.8) is 0 Å². The summed E-state index contributed by atoms with van der Waals surface area (Å²) in [5, 5.41) is 0. The Labute approximate surface area is 120 Å². The van der Waals surface area contributed by atoms with Crippen LogP contribution in [0.25, 0.3) is 0 Å². The first-order valence-corrected chi connectivity index (χ1v) is 8.44. The summed E-state index contributed by atoms with van der Waals surface area (Å²) in [7, 11) is -3.42. The number of pyridine rings is 1. The SMILES string of the molecule is CCCC1CCN(S(=O)(=O)c2ccc(NN)nc2)CC1. The number of sulfonamides is 1. The average Bonchev–Trinajstić information content (AvgIpc) is 2.48. The Morgan fingerprint density at radius 3 is 2.60 bits per heavy atom. The molecule has 1 aromatic heterocycles. The van der Waals surface area contributed by atoms with Crippen molar-refractivity contribution in [1.82, 2.24) is 9.29 Å². The van der Waals surface area contributed by atoms with E-state index in [9.17, 15) is 8.42 Å². The number of nitrogens with two attached hydrogens (primary N) is 1. The molecule has 2 rings (SSSR count). The van der Waals surface area contributed by atoms with Crippen LogP contribution in [0, 0.1) is 5.92 Å². The minimum atomic E-state index is -3.42. The summed E-state index contributed by atoms with van der Waals surface area (Å²) < 4.78 is 26.5. The van der Waals surface area contributed by atoms with E-state index in [0.717, 1.165) is 19.3 Å². The van der Waals surface area contributed by atoms with E-state index in [1.54, 1.807) is 10.4 Å². The molecule has 0 unspecified atom stereocenters.